The van der Waals surface area contributed by atoms with Crippen molar-refractivity contribution in [3.05, 3.63) is 59.7 Å². The number of likely N-dealkylation sites (N-methyl/N-ethyl adjacent to an activating group) is 1. The largest absolute Gasteiger partial charge is 0.494 e. The third-order valence-electron chi connectivity index (χ3n) is 4.32. The van der Waals surface area contributed by atoms with E-state index in [0.717, 1.165) is 5.56 Å². The molecular formula is C21H27NO4. The molecule has 0 aliphatic carbocycles. The molecular weight excluding hydrogens is 330 g/mol. The molecule has 2 aromatic rings. The Labute approximate surface area is 155 Å². The molecule has 0 aromatic heterocycles. The molecule has 0 radical (unpaired) electrons. The molecule has 0 aliphatic heterocycles. The van der Waals surface area contributed by atoms with Crippen LogP contribution < -0.4 is 9.47 Å². The van der Waals surface area contributed by atoms with Crippen LogP contribution >= 0.6 is 0 Å². The molecule has 0 saturated heterocycles. The highest BCUT2D eigenvalue weighted by atomic mass is 16.5. The molecule has 0 saturated carbocycles. The number of aliphatic hydroxyl groups is 1. The minimum atomic E-state index is -0.775. The van der Waals surface area contributed by atoms with E-state index in [2.05, 4.69) is 0 Å². The van der Waals surface area contributed by atoms with Crippen LogP contribution in [-0.4, -0.2) is 42.2 Å². The van der Waals surface area contributed by atoms with E-state index < -0.39 is 12.1 Å². The van der Waals surface area contributed by atoms with Crippen LogP contribution in [0.2, 0.25) is 0 Å². The first kappa shape index (κ1) is 19.8. The van der Waals surface area contributed by atoms with E-state index in [1.807, 2.05) is 51.1 Å². The van der Waals surface area contributed by atoms with Crippen molar-refractivity contribution in [2.24, 2.45) is 0 Å². The number of rotatable bonds is 8. The summed E-state index contributed by atoms with van der Waals surface area (Å²) in [6.07, 6.45) is -0.775. The van der Waals surface area contributed by atoms with Crippen LogP contribution in [0.4, 0.5) is 0 Å². The maximum Gasteiger partial charge on any atom is 0.257 e. The van der Waals surface area contributed by atoms with Gasteiger partial charge in [-0.05, 0) is 38.5 Å². The molecule has 2 rings (SSSR count). The van der Waals surface area contributed by atoms with E-state index >= 15 is 0 Å². The normalized spacial score (nSPS) is 13.0. The fourth-order valence-corrected chi connectivity index (χ4v) is 2.73. The highest BCUT2D eigenvalue weighted by Crippen LogP contribution is 2.28. The Morgan fingerprint density at radius 2 is 1.73 bits per heavy atom. The number of carbonyl (C=O) groups is 1. The van der Waals surface area contributed by atoms with Gasteiger partial charge in [0.05, 0.1) is 30.9 Å². The molecule has 2 unspecified atom stereocenters. The number of aliphatic hydroxyl groups excluding tert-OH is 1. The van der Waals surface area contributed by atoms with Crippen molar-refractivity contribution in [1.29, 1.82) is 0 Å². The van der Waals surface area contributed by atoms with E-state index in [4.69, 9.17) is 9.47 Å². The number of amides is 1. The zero-order valence-electron chi connectivity index (χ0n) is 15.8. The van der Waals surface area contributed by atoms with Crippen molar-refractivity contribution in [1.82, 2.24) is 4.90 Å². The monoisotopic (exact) mass is 357 g/mol. The molecule has 0 aliphatic rings. The summed E-state index contributed by atoms with van der Waals surface area (Å²) in [5.74, 6) is 0.934. The summed E-state index contributed by atoms with van der Waals surface area (Å²) in [5, 5.41) is 10.6. The fourth-order valence-electron chi connectivity index (χ4n) is 2.73. The Balaban J connectivity index is 2.23. The molecule has 0 bridgehead atoms. The molecule has 1 N–H and O–H groups in total. The van der Waals surface area contributed by atoms with Gasteiger partial charge in [-0.1, -0.05) is 30.3 Å². The van der Waals surface area contributed by atoms with Gasteiger partial charge in [0.1, 0.15) is 11.5 Å². The standard InChI is InChI=1S/C21H27NO4/c1-5-25-17-12-13-18(19(14-17)26-6-2)21(24)22(4)15(3)20(23)16-10-8-7-9-11-16/h7-15,20,23H,5-6H2,1-4H3. The zero-order valence-corrected chi connectivity index (χ0v) is 15.8. The second kappa shape index (κ2) is 9.25. The summed E-state index contributed by atoms with van der Waals surface area (Å²) < 4.78 is 11.1. The summed E-state index contributed by atoms with van der Waals surface area (Å²) in [5.41, 5.74) is 1.22. The van der Waals surface area contributed by atoms with Crippen LogP contribution in [-0.2, 0) is 0 Å². The van der Waals surface area contributed by atoms with Gasteiger partial charge in [-0.25, -0.2) is 0 Å². The summed E-state index contributed by atoms with van der Waals surface area (Å²) in [7, 11) is 1.69. The van der Waals surface area contributed by atoms with Gasteiger partial charge in [0.15, 0.2) is 0 Å². The topological polar surface area (TPSA) is 59.0 Å². The SMILES string of the molecule is CCOc1ccc(C(=O)N(C)C(C)C(O)c2ccccc2)c(OCC)c1. The minimum absolute atomic E-state index is 0.209. The van der Waals surface area contributed by atoms with E-state index in [-0.39, 0.29) is 5.91 Å². The summed E-state index contributed by atoms with van der Waals surface area (Å²) in [4.78, 5) is 14.5. The van der Waals surface area contributed by atoms with Crippen LogP contribution in [0.1, 0.15) is 42.8 Å². The predicted octanol–water partition coefficient (Wildman–Crippen LogP) is 3.68. The highest BCUT2D eigenvalue weighted by Gasteiger charge is 2.26. The van der Waals surface area contributed by atoms with Crippen molar-refractivity contribution < 1.29 is 19.4 Å². The molecule has 2 aromatic carbocycles. The Morgan fingerprint density at radius 1 is 1.08 bits per heavy atom. The Kier molecular flexibility index (Phi) is 7.04. The maximum atomic E-state index is 13.0. The number of benzene rings is 2. The smallest absolute Gasteiger partial charge is 0.257 e. The van der Waals surface area contributed by atoms with Gasteiger partial charge in [-0.2, -0.15) is 0 Å². The van der Waals surface area contributed by atoms with Gasteiger partial charge in [0.25, 0.3) is 5.91 Å². The fraction of sp³-hybridized carbons (Fsp3) is 0.381. The lowest BCUT2D eigenvalue weighted by molar-refractivity contribution is 0.0483. The van der Waals surface area contributed by atoms with Crippen LogP contribution in [0, 0.1) is 0 Å². The van der Waals surface area contributed by atoms with Crippen molar-refractivity contribution >= 4 is 5.91 Å². The Morgan fingerprint density at radius 3 is 2.35 bits per heavy atom. The van der Waals surface area contributed by atoms with E-state index in [1.165, 1.54) is 4.90 Å². The first-order valence-electron chi connectivity index (χ1n) is 8.89. The first-order valence-corrected chi connectivity index (χ1v) is 8.89. The molecule has 2 atom stereocenters. The number of carbonyl (C=O) groups excluding carboxylic acids is 1. The van der Waals surface area contributed by atoms with E-state index in [9.17, 15) is 9.90 Å². The van der Waals surface area contributed by atoms with Crippen LogP contribution in [0.15, 0.2) is 48.5 Å². The van der Waals surface area contributed by atoms with Gasteiger partial charge in [0.2, 0.25) is 0 Å². The van der Waals surface area contributed by atoms with Gasteiger partial charge in [-0.3, -0.25) is 4.79 Å². The first-order chi connectivity index (χ1) is 12.5. The van der Waals surface area contributed by atoms with E-state index in [0.29, 0.717) is 30.3 Å². The summed E-state index contributed by atoms with van der Waals surface area (Å²) in [6, 6.07) is 14.1. The van der Waals surface area contributed by atoms with Gasteiger partial charge < -0.3 is 19.5 Å². The quantitative estimate of drug-likeness (QED) is 0.783. The predicted molar refractivity (Wildman–Crippen MR) is 102 cm³/mol. The van der Waals surface area contributed by atoms with Crippen molar-refractivity contribution in [3.63, 3.8) is 0 Å². The van der Waals surface area contributed by atoms with Crippen molar-refractivity contribution in [3.8, 4) is 11.5 Å². The molecule has 0 spiro atoms. The summed E-state index contributed by atoms with van der Waals surface area (Å²) in [6.45, 7) is 6.58. The lowest BCUT2D eigenvalue weighted by Gasteiger charge is -2.30. The molecule has 0 heterocycles. The molecule has 26 heavy (non-hydrogen) atoms. The average Bonchev–Trinajstić information content (AvgIpc) is 2.67. The number of ether oxygens (including phenoxy) is 2. The maximum absolute atomic E-state index is 13.0. The highest BCUT2D eigenvalue weighted by molar-refractivity contribution is 5.97. The van der Waals surface area contributed by atoms with Gasteiger partial charge in [-0.15, -0.1) is 0 Å². The minimum Gasteiger partial charge on any atom is -0.494 e. The van der Waals surface area contributed by atoms with E-state index in [1.54, 1.807) is 25.2 Å². The Hall–Kier alpha value is -2.53. The zero-order chi connectivity index (χ0) is 19.1. The summed E-state index contributed by atoms with van der Waals surface area (Å²) >= 11 is 0. The third-order valence-corrected chi connectivity index (χ3v) is 4.32. The molecule has 5 heteroatoms. The number of hydrogen-bond acceptors (Lipinski definition) is 4. The van der Waals surface area contributed by atoms with Crippen molar-refractivity contribution in [2.45, 2.75) is 32.9 Å². The average molecular weight is 357 g/mol. The third kappa shape index (κ3) is 4.55. The van der Waals surface area contributed by atoms with Crippen molar-refractivity contribution in [2.75, 3.05) is 20.3 Å². The lowest BCUT2D eigenvalue weighted by Crippen LogP contribution is -2.39. The lowest BCUT2D eigenvalue weighted by atomic mass is 10.0. The second-order valence-electron chi connectivity index (χ2n) is 6.04. The van der Waals surface area contributed by atoms with Gasteiger partial charge >= 0.3 is 0 Å². The molecule has 5 nitrogen and oxygen atoms in total. The van der Waals surface area contributed by atoms with Gasteiger partial charge in [0, 0.05) is 13.1 Å². The number of hydrogen-bond donors (Lipinski definition) is 1. The Bertz CT molecular complexity index is 717. The van der Waals surface area contributed by atoms with Crippen LogP contribution in [0.25, 0.3) is 0 Å². The second-order valence-corrected chi connectivity index (χ2v) is 6.04. The van der Waals surface area contributed by atoms with Crippen LogP contribution in [0.5, 0.6) is 11.5 Å². The molecule has 0 fully saturated rings. The van der Waals surface area contributed by atoms with Crippen LogP contribution in [0.3, 0.4) is 0 Å². The molecule has 1 amide bonds. The number of nitrogens with zero attached hydrogens (tertiary/aromatic N) is 1. The molecule has 140 valence electrons.